The van der Waals surface area contributed by atoms with Crippen LogP contribution in [0.3, 0.4) is 0 Å². The predicted molar refractivity (Wildman–Crippen MR) is 80.7 cm³/mol. The predicted octanol–water partition coefficient (Wildman–Crippen LogP) is 1.90. The van der Waals surface area contributed by atoms with Crippen molar-refractivity contribution >= 4 is 5.82 Å². The number of hydrogen-bond acceptors (Lipinski definition) is 6. The van der Waals surface area contributed by atoms with E-state index < -0.39 is 0 Å². The van der Waals surface area contributed by atoms with Gasteiger partial charge in [-0.1, -0.05) is 0 Å². The Kier molecular flexibility index (Phi) is 4.35. The summed E-state index contributed by atoms with van der Waals surface area (Å²) < 4.78 is 0. The Morgan fingerprint density at radius 2 is 2.10 bits per heavy atom. The molecule has 6 heteroatoms. The van der Waals surface area contributed by atoms with E-state index in [0.717, 1.165) is 37.4 Å². The van der Waals surface area contributed by atoms with Crippen LogP contribution in [0.5, 0.6) is 0 Å². The van der Waals surface area contributed by atoms with Gasteiger partial charge >= 0.3 is 0 Å². The van der Waals surface area contributed by atoms with Crippen molar-refractivity contribution in [3.63, 3.8) is 0 Å². The van der Waals surface area contributed by atoms with Crippen molar-refractivity contribution in [2.45, 2.75) is 31.8 Å². The Labute approximate surface area is 124 Å². The average Bonchev–Trinajstić information content (AvgIpc) is 2.57. The Morgan fingerprint density at radius 3 is 2.76 bits per heavy atom. The van der Waals surface area contributed by atoms with Crippen LogP contribution in [0.1, 0.15) is 31.5 Å². The van der Waals surface area contributed by atoms with Gasteiger partial charge in [-0.15, -0.1) is 5.10 Å². The van der Waals surface area contributed by atoms with Gasteiger partial charge in [0.1, 0.15) is 5.82 Å². The van der Waals surface area contributed by atoms with Gasteiger partial charge in [0.2, 0.25) is 0 Å². The molecule has 3 heterocycles. The number of anilines is 1. The number of nitrogens with zero attached hydrogens (tertiary/aromatic N) is 5. The lowest BCUT2D eigenvalue weighted by Gasteiger charge is -2.36. The fourth-order valence-corrected chi connectivity index (χ4v) is 2.73. The summed E-state index contributed by atoms with van der Waals surface area (Å²) in [5.74, 6) is 0.859. The van der Waals surface area contributed by atoms with E-state index in [2.05, 4.69) is 37.3 Å². The van der Waals surface area contributed by atoms with Crippen molar-refractivity contribution in [2.75, 3.05) is 18.4 Å². The molecule has 1 fully saturated rings. The first kappa shape index (κ1) is 13.9. The van der Waals surface area contributed by atoms with Crippen molar-refractivity contribution in [3.05, 3.63) is 42.6 Å². The number of likely N-dealkylation sites (tertiary alicyclic amines) is 1. The lowest BCUT2D eigenvalue weighted by Crippen LogP contribution is -2.40. The fraction of sp³-hybridized carbons (Fsp3) is 0.467. The molecule has 0 unspecified atom stereocenters. The lowest BCUT2D eigenvalue weighted by atomic mass is 10.0. The number of rotatable bonds is 4. The highest BCUT2D eigenvalue weighted by Gasteiger charge is 2.24. The van der Waals surface area contributed by atoms with Crippen LogP contribution in [0.4, 0.5) is 5.82 Å². The van der Waals surface area contributed by atoms with Gasteiger partial charge in [0, 0.05) is 43.9 Å². The molecule has 0 aromatic carbocycles. The monoisotopic (exact) mass is 284 g/mol. The Balaban J connectivity index is 1.53. The Morgan fingerprint density at radius 1 is 1.24 bits per heavy atom. The topological polar surface area (TPSA) is 66.8 Å². The summed E-state index contributed by atoms with van der Waals surface area (Å²) in [4.78, 5) is 11.0. The second-order valence-electron chi connectivity index (χ2n) is 5.37. The standard InChI is InChI=1S/C15H20N6/c1-12(14-11-16-7-8-17-14)21-9-4-13(5-10-21)19-15-3-2-6-18-20-15/h2-3,6-8,11-13H,4-5,9-10H2,1H3,(H,19,20)/t12-/m1/s1. The zero-order chi connectivity index (χ0) is 14.5. The van der Waals surface area contributed by atoms with Crippen LogP contribution in [0.15, 0.2) is 36.9 Å². The number of piperidine rings is 1. The molecule has 1 atom stereocenters. The normalized spacial score (nSPS) is 18.3. The number of aromatic nitrogens is 4. The largest absolute Gasteiger partial charge is 0.366 e. The second-order valence-corrected chi connectivity index (χ2v) is 5.37. The summed E-state index contributed by atoms with van der Waals surface area (Å²) in [6, 6.07) is 4.64. The van der Waals surface area contributed by atoms with E-state index in [4.69, 9.17) is 0 Å². The quantitative estimate of drug-likeness (QED) is 0.925. The van der Waals surface area contributed by atoms with E-state index in [9.17, 15) is 0 Å². The lowest BCUT2D eigenvalue weighted by molar-refractivity contribution is 0.164. The molecular weight excluding hydrogens is 264 g/mol. The van der Waals surface area contributed by atoms with Crippen molar-refractivity contribution in [1.82, 2.24) is 25.1 Å². The minimum Gasteiger partial charge on any atom is -0.366 e. The molecule has 0 aliphatic carbocycles. The Bertz CT molecular complexity index is 539. The minimum atomic E-state index is 0.316. The van der Waals surface area contributed by atoms with E-state index in [1.165, 1.54) is 0 Å². The van der Waals surface area contributed by atoms with Crippen LogP contribution in [0.25, 0.3) is 0 Å². The Hall–Kier alpha value is -2.08. The van der Waals surface area contributed by atoms with Crippen LogP contribution in [0.2, 0.25) is 0 Å². The van der Waals surface area contributed by atoms with E-state index in [0.29, 0.717) is 12.1 Å². The third-order valence-corrected chi connectivity index (χ3v) is 4.01. The zero-order valence-electron chi connectivity index (χ0n) is 12.2. The van der Waals surface area contributed by atoms with Gasteiger partial charge in [-0.25, -0.2) is 0 Å². The van der Waals surface area contributed by atoms with E-state index >= 15 is 0 Å². The first-order chi connectivity index (χ1) is 10.3. The fourth-order valence-electron chi connectivity index (χ4n) is 2.73. The van der Waals surface area contributed by atoms with Gasteiger partial charge in [-0.3, -0.25) is 14.9 Å². The third kappa shape index (κ3) is 3.52. The molecule has 0 radical (unpaired) electrons. The molecule has 2 aromatic rings. The van der Waals surface area contributed by atoms with Crippen LogP contribution < -0.4 is 5.32 Å². The van der Waals surface area contributed by atoms with Gasteiger partial charge in [0.05, 0.1) is 11.7 Å². The second kappa shape index (κ2) is 6.58. The van der Waals surface area contributed by atoms with Gasteiger partial charge < -0.3 is 5.32 Å². The molecule has 1 aliphatic rings. The van der Waals surface area contributed by atoms with Crippen molar-refractivity contribution in [1.29, 1.82) is 0 Å². The zero-order valence-corrected chi connectivity index (χ0v) is 12.2. The van der Waals surface area contributed by atoms with Gasteiger partial charge in [-0.2, -0.15) is 5.10 Å². The molecule has 1 saturated heterocycles. The summed E-state index contributed by atoms with van der Waals surface area (Å²) in [5, 5.41) is 11.4. The van der Waals surface area contributed by atoms with Crippen LogP contribution in [0, 0.1) is 0 Å². The molecule has 1 N–H and O–H groups in total. The van der Waals surface area contributed by atoms with Crippen molar-refractivity contribution in [2.24, 2.45) is 0 Å². The number of nitrogens with one attached hydrogen (secondary N) is 1. The highest BCUT2D eigenvalue weighted by Crippen LogP contribution is 2.23. The van der Waals surface area contributed by atoms with E-state index in [1.54, 1.807) is 18.6 Å². The number of hydrogen-bond donors (Lipinski definition) is 1. The van der Waals surface area contributed by atoms with Gasteiger partial charge in [0.25, 0.3) is 0 Å². The maximum atomic E-state index is 4.40. The third-order valence-electron chi connectivity index (χ3n) is 4.01. The van der Waals surface area contributed by atoms with Crippen molar-refractivity contribution < 1.29 is 0 Å². The molecule has 0 bridgehead atoms. The molecular formula is C15H20N6. The van der Waals surface area contributed by atoms with E-state index in [-0.39, 0.29) is 0 Å². The average molecular weight is 284 g/mol. The summed E-state index contributed by atoms with van der Waals surface area (Å²) in [7, 11) is 0. The molecule has 0 saturated carbocycles. The first-order valence-corrected chi connectivity index (χ1v) is 7.37. The molecule has 21 heavy (non-hydrogen) atoms. The minimum absolute atomic E-state index is 0.316. The highest BCUT2D eigenvalue weighted by molar-refractivity contribution is 5.33. The summed E-state index contributed by atoms with van der Waals surface area (Å²) in [6.45, 7) is 4.30. The first-order valence-electron chi connectivity index (χ1n) is 7.37. The highest BCUT2D eigenvalue weighted by atomic mass is 15.2. The van der Waals surface area contributed by atoms with Crippen molar-refractivity contribution in [3.8, 4) is 0 Å². The molecule has 0 spiro atoms. The molecule has 6 nitrogen and oxygen atoms in total. The summed E-state index contributed by atoms with van der Waals surface area (Å²) in [6.07, 6.45) is 9.22. The molecule has 0 amide bonds. The molecule has 2 aromatic heterocycles. The van der Waals surface area contributed by atoms with Gasteiger partial charge in [0.15, 0.2) is 0 Å². The van der Waals surface area contributed by atoms with Crippen LogP contribution in [-0.4, -0.2) is 44.2 Å². The summed E-state index contributed by atoms with van der Waals surface area (Å²) in [5.41, 5.74) is 1.04. The maximum Gasteiger partial charge on any atom is 0.148 e. The maximum absolute atomic E-state index is 4.40. The van der Waals surface area contributed by atoms with Crippen LogP contribution in [-0.2, 0) is 0 Å². The molecule has 3 rings (SSSR count). The summed E-state index contributed by atoms with van der Waals surface area (Å²) >= 11 is 0. The molecule has 110 valence electrons. The van der Waals surface area contributed by atoms with Crippen LogP contribution >= 0.6 is 0 Å². The SMILES string of the molecule is C[C@H](c1cnccn1)N1CCC(Nc2cccnn2)CC1. The smallest absolute Gasteiger partial charge is 0.148 e. The molecule has 1 aliphatic heterocycles. The van der Waals surface area contributed by atoms with E-state index in [1.807, 2.05) is 18.3 Å². The van der Waals surface area contributed by atoms with Gasteiger partial charge in [-0.05, 0) is 31.9 Å².